The molecule has 2 rings (SSSR count). The number of rotatable bonds is 2. The molecule has 0 unspecified atom stereocenters. The van der Waals surface area contributed by atoms with E-state index in [4.69, 9.17) is 23.2 Å². The van der Waals surface area contributed by atoms with Gasteiger partial charge in [0.15, 0.2) is 0 Å². The molecule has 0 N–H and O–H groups in total. The SMILES string of the molecule is N#C/C(=C(/Cl)c1ccc(Cl)c(Br)c1)c1cccnc1. The Labute approximate surface area is 129 Å². The van der Waals surface area contributed by atoms with Crippen molar-refractivity contribution in [1.29, 1.82) is 5.26 Å². The van der Waals surface area contributed by atoms with Crippen LogP contribution in [0.5, 0.6) is 0 Å². The quantitative estimate of drug-likeness (QED) is 0.702. The van der Waals surface area contributed by atoms with E-state index in [1.54, 1.807) is 42.7 Å². The van der Waals surface area contributed by atoms with Gasteiger partial charge in [-0.15, -0.1) is 0 Å². The van der Waals surface area contributed by atoms with Crippen LogP contribution in [0.3, 0.4) is 0 Å². The Morgan fingerprint density at radius 1 is 1.26 bits per heavy atom. The van der Waals surface area contributed by atoms with Gasteiger partial charge in [-0.05, 0) is 39.7 Å². The van der Waals surface area contributed by atoms with Crippen LogP contribution in [-0.2, 0) is 0 Å². The molecule has 1 aromatic carbocycles. The molecule has 0 saturated carbocycles. The van der Waals surface area contributed by atoms with Crippen molar-refractivity contribution in [2.75, 3.05) is 0 Å². The molecule has 0 radical (unpaired) electrons. The van der Waals surface area contributed by atoms with Crippen molar-refractivity contribution in [2.24, 2.45) is 0 Å². The number of hydrogen-bond donors (Lipinski definition) is 0. The predicted octanol–water partition coefficient (Wildman–Crippen LogP) is 5.13. The number of pyridine rings is 1. The number of benzene rings is 1. The zero-order valence-electron chi connectivity index (χ0n) is 9.57. The van der Waals surface area contributed by atoms with Crippen LogP contribution in [0.4, 0.5) is 0 Å². The molecule has 0 aliphatic heterocycles. The van der Waals surface area contributed by atoms with Crippen molar-refractivity contribution >= 4 is 49.7 Å². The first-order valence-electron chi connectivity index (χ1n) is 5.29. The van der Waals surface area contributed by atoms with E-state index in [1.807, 2.05) is 0 Å². The van der Waals surface area contributed by atoms with E-state index in [1.165, 1.54) is 0 Å². The fourth-order valence-electron chi connectivity index (χ4n) is 1.53. The maximum atomic E-state index is 9.28. The average Bonchev–Trinajstić information content (AvgIpc) is 2.44. The fourth-order valence-corrected chi connectivity index (χ4v) is 2.29. The lowest BCUT2D eigenvalue weighted by atomic mass is 10.1. The molecule has 1 heterocycles. The summed E-state index contributed by atoms with van der Waals surface area (Å²) in [4.78, 5) is 3.99. The third-order valence-electron chi connectivity index (χ3n) is 2.45. The fraction of sp³-hybridized carbons (Fsp3) is 0. The van der Waals surface area contributed by atoms with Crippen molar-refractivity contribution < 1.29 is 0 Å². The number of nitrogens with zero attached hydrogens (tertiary/aromatic N) is 2. The second kappa shape index (κ2) is 6.21. The highest BCUT2D eigenvalue weighted by Gasteiger charge is 2.10. The Morgan fingerprint density at radius 3 is 2.63 bits per heavy atom. The molecule has 0 atom stereocenters. The summed E-state index contributed by atoms with van der Waals surface area (Å²) in [5.74, 6) is 0. The first-order chi connectivity index (χ1) is 9.13. The van der Waals surface area contributed by atoms with Gasteiger partial charge in [0.05, 0.1) is 15.6 Å². The molecule has 0 spiro atoms. The summed E-state index contributed by atoms with van der Waals surface area (Å²) in [5.41, 5.74) is 1.78. The van der Waals surface area contributed by atoms with Crippen LogP contribution < -0.4 is 0 Å². The lowest BCUT2D eigenvalue weighted by Gasteiger charge is -2.05. The number of aromatic nitrogens is 1. The van der Waals surface area contributed by atoms with Crippen LogP contribution in [0.15, 0.2) is 47.2 Å². The third kappa shape index (κ3) is 3.16. The van der Waals surface area contributed by atoms with E-state index in [0.29, 0.717) is 21.2 Å². The van der Waals surface area contributed by atoms with E-state index in [9.17, 15) is 5.26 Å². The average molecular weight is 354 g/mol. The van der Waals surface area contributed by atoms with Gasteiger partial charge >= 0.3 is 0 Å². The highest BCUT2D eigenvalue weighted by molar-refractivity contribution is 9.10. The van der Waals surface area contributed by atoms with Crippen LogP contribution in [0.2, 0.25) is 5.02 Å². The largest absolute Gasteiger partial charge is 0.264 e. The summed E-state index contributed by atoms with van der Waals surface area (Å²) in [5, 5.41) is 10.2. The minimum atomic E-state index is 0.368. The number of nitriles is 1. The Hall–Kier alpha value is -1.34. The molecule has 0 fully saturated rings. The van der Waals surface area contributed by atoms with Gasteiger partial charge in [-0.3, -0.25) is 4.98 Å². The molecule has 2 aromatic rings. The van der Waals surface area contributed by atoms with Gasteiger partial charge in [0.1, 0.15) is 6.07 Å². The van der Waals surface area contributed by atoms with E-state index < -0.39 is 0 Å². The molecule has 0 saturated heterocycles. The van der Waals surface area contributed by atoms with Gasteiger partial charge in [0.2, 0.25) is 0 Å². The van der Waals surface area contributed by atoms with Gasteiger partial charge < -0.3 is 0 Å². The van der Waals surface area contributed by atoms with Crippen LogP contribution in [-0.4, -0.2) is 4.98 Å². The summed E-state index contributed by atoms with van der Waals surface area (Å²) in [6, 6.07) is 10.9. The van der Waals surface area contributed by atoms with Crippen LogP contribution in [0.25, 0.3) is 10.6 Å². The van der Waals surface area contributed by atoms with Gasteiger partial charge in [0.25, 0.3) is 0 Å². The minimum Gasteiger partial charge on any atom is -0.264 e. The molecule has 1 aromatic heterocycles. The summed E-state index contributed by atoms with van der Waals surface area (Å²) in [7, 11) is 0. The molecule has 19 heavy (non-hydrogen) atoms. The van der Waals surface area contributed by atoms with Gasteiger partial charge in [-0.1, -0.05) is 35.3 Å². The Balaban J connectivity index is 2.56. The number of allylic oxidation sites excluding steroid dienone is 1. The second-order valence-corrected chi connectivity index (χ2v) is 5.31. The van der Waals surface area contributed by atoms with E-state index in [0.717, 1.165) is 10.0 Å². The minimum absolute atomic E-state index is 0.368. The first kappa shape index (κ1) is 14.1. The molecule has 94 valence electrons. The molecule has 2 nitrogen and oxygen atoms in total. The maximum Gasteiger partial charge on any atom is 0.101 e. The van der Waals surface area contributed by atoms with Crippen LogP contribution >= 0.6 is 39.1 Å². The zero-order chi connectivity index (χ0) is 13.8. The number of hydrogen-bond acceptors (Lipinski definition) is 2. The summed E-state index contributed by atoms with van der Waals surface area (Å²) in [6.07, 6.45) is 3.25. The van der Waals surface area contributed by atoms with E-state index in [-0.39, 0.29) is 0 Å². The predicted molar refractivity (Wildman–Crippen MR) is 81.7 cm³/mol. The zero-order valence-corrected chi connectivity index (χ0v) is 12.7. The Bertz CT molecular complexity index is 676. The molecule has 5 heteroatoms. The van der Waals surface area contributed by atoms with Crippen LogP contribution in [0, 0.1) is 11.3 Å². The third-order valence-corrected chi connectivity index (χ3v) is 4.08. The summed E-state index contributed by atoms with van der Waals surface area (Å²) < 4.78 is 0.730. The number of halogens is 3. The summed E-state index contributed by atoms with van der Waals surface area (Å²) in [6.45, 7) is 0. The topological polar surface area (TPSA) is 36.7 Å². The van der Waals surface area contributed by atoms with Gasteiger partial charge in [0, 0.05) is 22.4 Å². The molecule has 0 aliphatic rings. The first-order valence-corrected chi connectivity index (χ1v) is 6.84. The molecule has 0 aliphatic carbocycles. The van der Waals surface area contributed by atoms with Crippen LogP contribution in [0.1, 0.15) is 11.1 Å². The molecule has 0 bridgehead atoms. The Morgan fingerprint density at radius 2 is 2.05 bits per heavy atom. The molecular weight excluding hydrogens is 347 g/mol. The van der Waals surface area contributed by atoms with Crippen molar-refractivity contribution in [1.82, 2.24) is 4.98 Å². The standard InChI is InChI=1S/C14H7BrCl2N2/c15-12-6-9(3-4-13(12)16)14(17)11(7-18)10-2-1-5-19-8-10/h1-6,8H/b14-11-. The van der Waals surface area contributed by atoms with E-state index >= 15 is 0 Å². The highest BCUT2D eigenvalue weighted by atomic mass is 79.9. The van der Waals surface area contributed by atoms with Gasteiger partial charge in [-0.25, -0.2) is 0 Å². The monoisotopic (exact) mass is 352 g/mol. The molecular formula is C14H7BrCl2N2. The normalized spacial score (nSPS) is 11.7. The van der Waals surface area contributed by atoms with Crippen molar-refractivity contribution in [3.05, 3.63) is 63.3 Å². The van der Waals surface area contributed by atoms with Crippen molar-refractivity contribution in [2.45, 2.75) is 0 Å². The summed E-state index contributed by atoms with van der Waals surface area (Å²) >= 11 is 15.6. The van der Waals surface area contributed by atoms with E-state index in [2.05, 4.69) is 27.0 Å². The lowest BCUT2D eigenvalue weighted by Crippen LogP contribution is -1.87. The van der Waals surface area contributed by atoms with Gasteiger partial charge in [-0.2, -0.15) is 5.26 Å². The smallest absolute Gasteiger partial charge is 0.101 e. The highest BCUT2D eigenvalue weighted by Crippen LogP contribution is 2.32. The Kier molecular flexibility index (Phi) is 4.60. The lowest BCUT2D eigenvalue weighted by molar-refractivity contribution is 1.31. The van der Waals surface area contributed by atoms with Crippen molar-refractivity contribution in [3.63, 3.8) is 0 Å². The second-order valence-electron chi connectivity index (χ2n) is 3.67. The molecule has 0 amide bonds. The maximum absolute atomic E-state index is 9.28. The van der Waals surface area contributed by atoms with Crippen molar-refractivity contribution in [3.8, 4) is 6.07 Å².